The van der Waals surface area contributed by atoms with Crippen LogP contribution in [0.4, 0.5) is 5.69 Å². The molecule has 1 aromatic carbocycles. The smallest absolute Gasteiger partial charge is 0.181 e. The Morgan fingerprint density at radius 2 is 1.78 bits per heavy atom. The number of benzene rings is 1. The van der Waals surface area contributed by atoms with E-state index in [1.54, 1.807) is 36.5 Å². The predicted molar refractivity (Wildman–Crippen MR) is 87.8 cm³/mol. The van der Waals surface area contributed by atoms with Crippen molar-refractivity contribution in [2.24, 2.45) is 0 Å². The molecule has 118 valence electrons. The van der Waals surface area contributed by atoms with Crippen LogP contribution >= 0.6 is 0 Å². The Labute approximate surface area is 136 Å². The highest BCUT2D eigenvalue weighted by molar-refractivity contribution is 7.92. The SMILES string of the molecule is N#Cc1ncccc1N1CCC(S(=O)(=O)c2ccccc2)CC1. The van der Waals surface area contributed by atoms with Gasteiger partial charge in [0.1, 0.15) is 6.07 Å². The quantitative estimate of drug-likeness (QED) is 0.865. The maximum Gasteiger partial charge on any atom is 0.181 e. The van der Waals surface area contributed by atoms with Crippen LogP contribution in [0.25, 0.3) is 0 Å². The summed E-state index contributed by atoms with van der Waals surface area (Å²) in [5, 5.41) is 8.77. The molecule has 2 aromatic rings. The number of piperidine rings is 1. The van der Waals surface area contributed by atoms with E-state index in [0.29, 0.717) is 36.5 Å². The van der Waals surface area contributed by atoms with Crippen LogP contribution in [0.1, 0.15) is 18.5 Å². The van der Waals surface area contributed by atoms with Gasteiger partial charge in [0.2, 0.25) is 0 Å². The zero-order valence-electron chi connectivity index (χ0n) is 12.6. The van der Waals surface area contributed by atoms with Crippen molar-refractivity contribution in [1.82, 2.24) is 4.98 Å². The van der Waals surface area contributed by atoms with Gasteiger partial charge in [-0.25, -0.2) is 13.4 Å². The van der Waals surface area contributed by atoms with Gasteiger partial charge in [0, 0.05) is 19.3 Å². The minimum absolute atomic E-state index is 0.372. The second-order valence-electron chi connectivity index (χ2n) is 5.53. The van der Waals surface area contributed by atoms with Crippen LogP contribution in [0.5, 0.6) is 0 Å². The Hall–Kier alpha value is -2.39. The molecule has 23 heavy (non-hydrogen) atoms. The van der Waals surface area contributed by atoms with Gasteiger partial charge in [-0.1, -0.05) is 18.2 Å². The molecule has 0 amide bonds. The number of pyridine rings is 1. The summed E-state index contributed by atoms with van der Waals surface area (Å²) in [6.45, 7) is 1.22. The molecule has 0 N–H and O–H groups in total. The maximum absolute atomic E-state index is 12.7. The molecule has 0 bridgehead atoms. The molecule has 1 saturated heterocycles. The first-order valence-corrected chi connectivity index (χ1v) is 9.06. The highest BCUT2D eigenvalue weighted by Crippen LogP contribution is 2.28. The fourth-order valence-electron chi connectivity index (χ4n) is 2.95. The average molecular weight is 327 g/mol. The minimum Gasteiger partial charge on any atom is -0.369 e. The van der Waals surface area contributed by atoms with Crippen LogP contribution in [0.15, 0.2) is 53.6 Å². The number of rotatable bonds is 3. The molecule has 6 heteroatoms. The predicted octanol–water partition coefficient (Wildman–Crippen LogP) is 2.40. The summed E-state index contributed by atoms with van der Waals surface area (Å²) in [5.41, 5.74) is 1.17. The summed E-state index contributed by atoms with van der Waals surface area (Å²) >= 11 is 0. The van der Waals surface area contributed by atoms with Gasteiger partial charge in [0.15, 0.2) is 15.5 Å². The molecule has 2 heterocycles. The Balaban J connectivity index is 1.75. The molecule has 1 aliphatic heterocycles. The molecular weight excluding hydrogens is 310 g/mol. The average Bonchev–Trinajstić information content (AvgIpc) is 2.62. The summed E-state index contributed by atoms with van der Waals surface area (Å²) in [4.78, 5) is 6.50. The highest BCUT2D eigenvalue weighted by atomic mass is 32.2. The third kappa shape index (κ3) is 3.06. The van der Waals surface area contributed by atoms with Gasteiger partial charge in [-0.15, -0.1) is 0 Å². The van der Waals surface area contributed by atoms with Crippen LogP contribution in [0, 0.1) is 11.3 Å². The molecule has 0 spiro atoms. The van der Waals surface area contributed by atoms with E-state index in [1.807, 2.05) is 17.0 Å². The van der Waals surface area contributed by atoms with Crippen LogP contribution in [-0.2, 0) is 9.84 Å². The molecule has 0 atom stereocenters. The van der Waals surface area contributed by atoms with Crippen LogP contribution in [0.3, 0.4) is 0 Å². The normalized spacial score (nSPS) is 16.0. The lowest BCUT2D eigenvalue weighted by molar-refractivity contribution is 0.529. The van der Waals surface area contributed by atoms with E-state index < -0.39 is 9.84 Å². The molecule has 0 aliphatic carbocycles. The van der Waals surface area contributed by atoms with Gasteiger partial charge in [0.25, 0.3) is 0 Å². The van der Waals surface area contributed by atoms with Gasteiger partial charge in [-0.2, -0.15) is 5.26 Å². The van der Waals surface area contributed by atoms with Gasteiger partial charge < -0.3 is 4.90 Å². The number of hydrogen-bond donors (Lipinski definition) is 0. The van der Waals surface area contributed by atoms with Gasteiger partial charge in [-0.3, -0.25) is 0 Å². The van der Waals surface area contributed by atoms with E-state index in [4.69, 9.17) is 5.26 Å². The van der Waals surface area contributed by atoms with Gasteiger partial charge in [-0.05, 0) is 37.1 Å². The molecule has 3 rings (SSSR count). The van der Waals surface area contributed by atoms with Crippen molar-refractivity contribution in [2.75, 3.05) is 18.0 Å². The van der Waals surface area contributed by atoms with Gasteiger partial charge in [0.05, 0.1) is 15.8 Å². The molecule has 1 aliphatic rings. The summed E-state index contributed by atoms with van der Waals surface area (Å²) < 4.78 is 25.3. The first kappa shape index (κ1) is 15.5. The van der Waals surface area contributed by atoms with E-state index >= 15 is 0 Å². The number of anilines is 1. The lowest BCUT2D eigenvalue weighted by Gasteiger charge is -2.33. The largest absolute Gasteiger partial charge is 0.369 e. The number of nitrogens with zero attached hydrogens (tertiary/aromatic N) is 3. The maximum atomic E-state index is 12.7. The minimum atomic E-state index is -3.29. The van der Waals surface area contributed by atoms with E-state index in [1.165, 1.54) is 0 Å². The van der Waals surface area contributed by atoms with E-state index in [0.717, 1.165) is 5.69 Å². The highest BCUT2D eigenvalue weighted by Gasteiger charge is 2.31. The topological polar surface area (TPSA) is 74.1 Å². The Morgan fingerprint density at radius 1 is 1.09 bits per heavy atom. The van der Waals surface area contributed by atoms with Crippen molar-refractivity contribution in [3.05, 3.63) is 54.4 Å². The van der Waals surface area contributed by atoms with E-state index in [9.17, 15) is 8.42 Å². The molecule has 1 fully saturated rings. The monoisotopic (exact) mass is 327 g/mol. The Kier molecular flexibility index (Phi) is 4.30. The van der Waals surface area contributed by atoms with E-state index in [2.05, 4.69) is 11.1 Å². The second kappa shape index (κ2) is 6.39. The van der Waals surface area contributed by atoms with Crippen molar-refractivity contribution >= 4 is 15.5 Å². The molecule has 0 unspecified atom stereocenters. The van der Waals surface area contributed by atoms with E-state index in [-0.39, 0.29) is 5.25 Å². The molecule has 1 aromatic heterocycles. The lowest BCUT2D eigenvalue weighted by Crippen LogP contribution is -2.39. The van der Waals surface area contributed by atoms with Crippen LogP contribution in [-0.4, -0.2) is 31.7 Å². The summed E-state index contributed by atoms with van der Waals surface area (Å²) in [5.74, 6) is 0. The van der Waals surface area contributed by atoms with Crippen LogP contribution in [0.2, 0.25) is 0 Å². The van der Waals surface area contributed by atoms with Crippen molar-refractivity contribution in [3.8, 4) is 6.07 Å². The first-order valence-electron chi connectivity index (χ1n) is 7.52. The third-order valence-electron chi connectivity index (χ3n) is 4.19. The summed E-state index contributed by atoms with van der Waals surface area (Å²) in [6.07, 6.45) is 2.70. The fourth-order valence-corrected chi connectivity index (χ4v) is 4.70. The molecule has 5 nitrogen and oxygen atoms in total. The Bertz CT molecular complexity index is 820. The standard InChI is InChI=1S/C17H17N3O2S/c18-13-16-17(7-4-10-19-16)20-11-8-15(9-12-20)23(21,22)14-5-2-1-3-6-14/h1-7,10,15H,8-9,11-12H2. The van der Waals surface area contributed by atoms with Crippen LogP contribution < -0.4 is 4.90 Å². The van der Waals surface area contributed by atoms with Crippen molar-refractivity contribution in [2.45, 2.75) is 23.0 Å². The number of sulfone groups is 1. The first-order chi connectivity index (χ1) is 11.1. The van der Waals surface area contributed by atoms with Crippen molar-refractivity contribution < 1.29 is 8.42 Å². The lowest BCUT2D eigenvalue weighted by atomic mass is 10.1. The van der Waals surface area contributed by atoms with Crippen molar-refractivity contribution in [3.63, 3.8) is 0 Å². The zero-order chi connectivity index (χ0) is 16.3. The number of hydrogen-bond acceptors (Lipinski definition) is 5. The number of aromatic nitrogens is 1. The third-order valence-corrected chi connectivity index (χ3v) is 6.46. The van der Waals surface area contributed by atoms with Crippen molar-refractivity contribution in [1.29, 1.82) is 5.26 Å². The summed E-state index contributed by atoms with van der Waals surface area (Å²) in [6, 6.07) is 14.3. The molecule has 0 saturated carbocycles. The molecular formula is C17H17N3O2S. The fraction of sp³-hybridized carbons (Fsp3) is 0.294. The van der Waals surface area contributed by atoms with Gasteiger partial charge >= 0.3 is 0 Å². The molecule has 0 radical (unpaired) electrons. The summed E-state index contributed by atoms with van der Waals surface area (Å²) in [7, 11) is -3.29. The zero-order valence-corrected chi connectivity index (χ0v) is 13.4. The number of nitriles is 1. The Morgan fingerprint density at radius 3 is 2.43 bits per heavy atom. The second-order valence-corrected chi connectivity index (χ2v) is 7.76.